The van der Waals surface area contributed by atoms with Crippen molar-refractivity contribution in [3.8, 4) is 73.1 Å². The lowest BCUT2D eigenvalue weighted by Crippen LogP contribution is -2.12. The average Bonchev–Trinajstić information content (AvgIpc) is 4.06. The zero-order valence-electron chi connectivity index (χ0n) is 41.7. The molecule has 0 saturated heterocycles. The quantitative estimate of drug-likeness (QED) is 0.147. The standard InChI is InChI=1S/C67H45F6N3/c1-39-13-5-9-17-49(39)43-21-26-54-55-27-22-44(50-18-10-6-14-40(50)2)32-61(55)75(60(54)31-43)64-35-47(53-30-25-48(66(68,69)70)37-59(53)67(71,72)73)36-65(58(64)38-74)76-62-33-45(51-19-11-7-15-41(51)3)23-28-56(62)57-29-24-46(34-63(57)76)52-20-12-8-16-42(52)4/h5-37H,1-4H3. The van der Waals surface area contributed by atoms with Crippen LogP contribution in [0.2, 0.25) is 0 Å². The molecule has 12 rings (SSSR count). The Labute approximate surface area is 434 Å². The maximum atomic E-state index is 15.6. The fourth-order valence-electron chi connectivity index (χ4n) is 11.3. The molecule has 0 atom stereocenters. The van der Waals surface area contributed by atoms with Crippen LogP contribution in [0.25, 0.3) is 111 Å². The van der Waals surface area contributed by atoms with E-state index in [1.807, 2.05) is 207 Å². The second-order valence-electron chi connectivity index (χ2n) is 19.6. The van der Waals surface area contributed by atoms with Crippen LogP contribution in [0.15, 0.2) is 200 Å². The number of hydrogen-bond donors (Lipinski definition) is 0. The Morgan fingerprint density at radius 1 is 0.342 bits per heavy atom. The van der Waals surface area contributed by atoms with Crippen LogP contribution in [-0.2, 0) is 12.4 Å². The Morgan fingerprint density at radius 2 is 0.671 bits per heavy atom. The minimum atomic E-state index is -5.21. The van der Waals surface area contributed by atoms with Crippen LogP contribution in [0.1, 0.15) is 38.9 Å². The molecule has 0 amide bonds. The van der Waals surface area contributed by atoms with Gasteiger partial charge in [0.1, 0.15) is 11.6 Å². The predicted octanol–water partition coefficient (Wildman–Crippen LogP) is 19.4. The molecule has 0 aliphatic heterocycles. The Kier molecular flexibility index (Phi) is 11.4. The van der Waals surface area contributed by atoms with E-state index in [1.54, 1.807) is 0 Å². The molecule has 0 aliphatic carbocycles. The van der Waals surface area contributed by atoms with Gasteiger partial charge >= 0.3 is 12.4 Å². The molecule has 0 spiro atoms. The number of aromatic nitrogens is 2. The van der Waals surface area contributed by atoms with E-state index >= 15 is 13.2 Å². The van der Waals surface area contributed by atoms with Gasteiger partial charge in [-0.15, -0.1) is 0 Å². The summed E-state index contributed by atoms with van der Waals surface area (Å²) < 4.78 is 93.7. The number of nitrogens with zero attached hydrogens (tertiary/aromatic N) is 3. The lowest BCUT2D eigenvalue weighted by molar-refractivity contribution is -0.142. The van der Waals surface area contributed by atoms with Gasteiger partial charge in [0.25, 0.3) is 0 Å². The first kappa shape index (κ1) is 47.8. The van der Waals surface area contributed by atoms with Gasteiger partial charge in [0, 0.05) is 21.5 Å². The summed E-state index contributed by atoms with van der Waals surface area (Å²) in [7, 11) is 0. The van der Waals surface area contributed by atoms with E-state index in [0.717, 1.165) is 94.4 Å². The van der Waals surface area contributed by atoms with Crippen molar-refractivity contribution in [2.24, 2.45) is 0 Å². The molecule has 0 radical (unpaired) electrons. The van der Waals surface area contributed by atoms with E-state index in [4.69, 9.17) is 0 Å². The summed E-state index contributed by atoms with van der Waals surface area (Å²) in [6, 6.07) is 63.8. The summed E-state index contributed by atoms with van der Waals surface area (Å²) in [6.45, 7) is 8.10. The second-order valence-corrected chi connectivity index (χ2v) is 19.6. The largest absolute Gasteiger partial charge is 0.417 e. The first-order valence-electron chi connectivity index (χ1n) is 24.9. The summed E-state index contributed by atoms with van der Waals surface area (Å²) in [6.07, 6.45) is -10.3. The second kappa shape index (κ2) is 18.1. The zero-order valence-corrected chi connectivity index (χ0v) is 41.7. The lowest BCUT2D eigenvalue weighted by atomic mass is 9.94. The number of nitriles is 1. The minimum absolute atomic E-state index is 0.0368. The van der Waals surface area contributed by atoms with Crippen LogP contribution >= 0.6 is 0 Å². The van der Waals surface area contributed by atoms with Crippen LogP contribution in [0.4, 0.5) is 26.3 Å². The van der Waals surface area contributed by atoms with Crippen molar-refractivity contribution in [2.75, 3.05) is 0 Å². The predicted molar refractivity (Wildman–Crippen MR) is 296 cm³/mol. The monoisotopic (exact) mass is 1010 g/mol. The third kappa shape index (κ3) is 8.00. The Hall–Kier alpha value is -9.13. The number of halogens is 6. The maximum Gasteiger partial charge on any atom is 0.417 e. The van der Waals surface area contributed by atoms with E-state index in [1.165, 1.54) is 12.1 Å². The van der Waals surface area contributed by atoms with Crippen molar-refractivity contribution in [2.45, 2.75) is 40.0 Å². The molecule has 0 unspecified atom stereocenters. The van der Waals surface area contributed by atoms with Crippen LogP contribution in [0, 0.1) is 39.0 Å². The van der Waals surface area contributed by atoms with Gasteiger partial charge in [-0.2, -0.15) is 31.6 Å². The van der Waals surface area contributed by atoms with Gasteiger partial charge in [-0.1, -0.05) is 152 Å². The minimum Gasteiger partial charge on any atom is -0.308 e. The summed E-state index contributed by atoms with van der Waals surface area (Å²) in [5.74, 6) is 0. The summed E-state index contributed by atoms with van der Waals surface area (Å²) >= 11 is 0. The molecular formula is C67H45F6N3. The highest BCUT2D eigenvalue weighted by Gasteiger charge is 2.39. The lowest BCUT2D eigenvalue weighted by Gasteiger charge is -2.21. The molecule has 9 heteroatoms. The first-order chi connectivity index (χ1) is 36.6. The van der Waals surface area contributed by atoms with Gasteiger partial charge in [0.05, 0.1) is 44.6 Å². The number of rotatable bonds is 7. The molecule has 12 aromatic rings. The van der Waals surface area contributed by atoms with Crippen molar-refractivity contribution >= 4 is 43.6 Å². The fourth-order valence-corrected chi connectivity index (χ4v) is 11.3. The molecule has 2 aromatic heterocycles. The highest BCUT2D eigenvalue weighted by molar-refractivity contribution is 6.13. The zero-order chi connectivity index (χ0) is 52.8. The van der Waals surface area contributed by atoms with Crippen molar-refractivity contribution in [1.82, 2.24) is 9.13 Å². The van der Waals surface area contributed by atoms with Gasteiger partial charge in [-0.3, -0.25) is 0 Å². The molecular weight excluding hydrogens is 961 g/mol. The number of aryl methyl sites for hydroxylation is 4. The molecule has 0 saturated carbocycles. The highest BCUT2D eigenvalue weighted by atomic mass is 19.4. The van der Waals surface area contributed by atoms with E-state index in [0.29, 0.717) is 28.1 Å². The molecule has 0 bridgehead atoms. The molecule has 0 aliphatic rings. The highest BCUT2D eigenvalue weighted by Crippen LogP contribution is 2.47. The molecule has 0 N–H and O–H groups in total. The number of benzene rings is 10. The average molecular weight is 1010 g/mol. The van der Waals surface area contributed by atoms with Crippen LogP contribution in [-0.4, -0.2) is 9.13 Å². The Morgan fingerprint density at radius 3 is 0.961 bits per heavy atom. The Bertz CT molecular complexity index is 3950. The van der Waals surface area contributed by atoms with Gasteiger partial charge in [-0.05, 0) is 154 Å². The van der Waals surface area contributed by atoms with Gasteiger partial charge in [0.2, 0.25) is 0 Å². The van der Waals surface area contributed by atoms with Gasteiger partial charge in [-0.25, -0.2) is 0 Å². The van der Waals surface area contributed by atoms with Crippen molar-refractivity contribution < 1.29 is 26.3 Å². The summed E-state index contributed by atoms with van der Waals surface area (Å²) in [5, 5.41) is 15.3. The molecule has 2 heterocycles. The van der Waals surface area contributed by atoms with E-state index in [2.05, 4.69) is 6.07 Å². The maximum absolute atomic E-state index is 15.6. The van der Waals surface area contributed by atoms with Gasteiger partial charge in [0.15, 0.2) is 0 Å². The first-order valence-corrected chi connectivity index (χ1v) is 24.9. The van der Waals surface area contributed by atoms with Gasteiger partial charge < -0.3 is 9.13 Å². The number of alkyl halides is 6. The van der Waals surface area contributed by atoms with Crippen molar-refractivity contribution in [3.05, 3.63) is 239 Å². The third-order valence-corrected chi connectivity index (χ3v) is 15.0. The van der Waals surface area contributed by atoms with Crippen LogP contribution in [0.5, 0.6) is 0 Å². The number of fused-ring (bicyclic) bond motifs is 6. The Balaban J connectivity index is 1.27. The molecule has 0 fully saturated rings. The molecule has 3 nitrogen and oxygen atoms in total. The summed E-state index contributed by atoms with van der Waals surface area (Å²) in [5.41, 5.74) is 11.4. The fraction of sp³-hybridized carbons (Fsp3) is 0.0896. The molecule has 370 valence electrons. The normalized spacial score (nSPS) is 12.1. The van der Waals surface area contributed by atoms with Crippen molar-refractivity contribution in [3.63, 3.8) is 0 Å². The van der Waals surface area contributed by atoms with Crippen LogP contribution in [0.3, 0.4) is 0 Å². The van der Waals surface area contributed by atoms with E-state index in [-0.39, 0.29) is 28.6 Å². The smallest absolute Gasteiger partial charge is 0.308 e. The van der Waals surface area contributed by atoms with Crippen molar-refractivity contribution in [1.29, 1.82) is 5.26 Å². The summed E-state index contributed by atoms with van der Waals surface area (Å²) in [4.78, 5) is 0. The SMILES string of the molecule is Cc1ccccc1-c1ccc2c3ccc(-c4ccccc4C)cc3n(-c3cc(-c4ccc(C(F)(F)F)cc4C(F)(F)F)cc(-n4c5cc(-c6ccccc6C)ccc5c5ccc(-c6ccccc6C)cc54)c3C#N)c2c1. The van der Waals surface area contributed by atoms with Crippen LogP contribution < -0.4 is 0 Å². The third-order valence-electron chi connectivity index (χ3n) is 15.0. The topological polar surface area (TPSA) is 33.6 Å². The number of hydrogen-bond acceptors (Lipinski definition) is 1. The van der Waals surface area contributed by atoms with E-state index < -0.39 is 29.0 Å². The molecule has 10 aromatic carbocycles. The van der Waals surface area contributed by atoms with E-state index in [9.17, 15) is 18.4 Å². The molecule has 76 heavy (non-hydrogen) atoms.